The molecular weight excluding hydrogens is 276 g/mol. The summed E-state index contributed by atoms with van der Waals surface area (Å²) < 4.78 is 1.84. The molecule has 0 radical (unpaired) electrons. The smallest absolute Gasteiger partial charge is 0.184 e. The summed E-state index contributed by atoms with van der Waals surface area (Å²) in [7, 11) is 0. The van der Waals surface area contributed by atoms with Crippen LogP contribution in [-0.4, -0.2) is 37.5 Å². The van der Waals surface area contributed by atoms with Crippen LogP contribution in [0.1, 0.15) is 25.3 Å². The number of anilines is 1. The summed E-state index contributed by atoms with van der Waals surface area (Å²) in [5.41, 5.74) is 2.78. The van der Waals surface area contributed by atoms with E-state index in [1.54, 1.807) is 6.33 Å². The van der Waals surface area contributed by atoms with Gasteiger partial charge in [0.05, 0.1) is 6.54 Å². The molecule has 0 spiro atoms. The largest absolute Gasteiger partial charge is 0.352 e. The Labute approximate surface area is 128 Å². The molecule has 3 heterocycles. The van der Waals surface area contributed by atoms with E-state index in [2.05, 4.69) is 44.2 Å². The Morgan fingerprint density at radius 3 is 2.82 bits per heavy atom. The van der Waals surface area contributed by atoms with Crippen LogP contribution in [0.4, 0.5) is 5.82 Å². The summed E-state index contributed by atoms with van der Waals surface area (Å²) in [5, 5.41) is 8.63. The topological polar surface area (TPSA) is 59.7 Å². The first kappa shape index (κ1) is 13.2. The molecule has 1 atom stereocenters. The molecule has 0 bridgehead atoms. The maximum Gasteiger partial charge on any atom is 0.184 e. The lowest BCUT2D eigenvalue weighted by molar-refractivity contribution is 0.664. The molecule has 4 rings (SSSR count). The third kappa shape index (κ3) is 2.20. The van der Waals surface area contributed by atoms with Crippen LogP contribution in [0.3, 0.4) is 0 Å². The summed E-state index contributed by atoms with van der Waals surface area (Å²) in [6.07, 6.45) is 4.02. The molecule has 22 heavy (non-hydrogen) atoms. The zero-order valence-electron chi connectivity index (χ0n) is 12.6. The minimum atomic E-state index is 0.498. The lowest BCUT2D eigenvalue weighted by atomic mass is 10.2. The Bertz CT molecular complexity index is 782. The second-order valence-electron chi connectivity index (χ2n) is 5.79. The van der Waals surface area contributed by atoms with Crippen molar-refractivity contribution in [1.82, 2.24) is 25.0 Å². The first-order chi connectivity index (χ1) is 10.8. The van der Waals surface area contributed by atoms with E-state index in [1.807, 2.05) is 22.9 Å². The van der Waals surface area contributed by atoms with Crippen molar-refractivity contribution >= 4 is 17.0 Å². The maximum atomic E-state index is 4.46. The standard InChI is InChI=1S/C16H18N6/c1-12-6-5-9-21(12)15-14-16(18-11-17-15)22(20-19-14)10-13-7-3-2-4-8-13/h2-4,7-8,11-12H,5-6,9-10H2,1H3. The van der Waals surface area contributed by atoms with Crippen LogP contribution in [0.2, 0.25) is 0 Å². The van der Waals surface area contributed by atoms with Gasteiger partial charge in [0.25, 0.3) is 0 Å². The molecule has 6 heteroatoms. The van der Waals surface area contributed by atoms with Gasteiger partial charge in [-0.15, -0.1) is 5.10 Å². The molecule has 1 aliphatic heterocycles. The van der Waals surface area contributed by atoms with Crippen LogP contribution < -0.4 is 4.90 Å². The van der Waals surface area contributed by atoms with Gasteiger partial charge in [-0.25, -0.2) is 14.6 Å². The number of hydrogen-bond donors (Lipinski definition) is 0. The van der Waals surface area contributed by atoms with Gasteiger partial charge in [0, 0.05) is 12.6 Å². The molecule has 0 aliphatic carbocycles. The van der Waals surface area contributed by atoms with Crippen LogP contribution in [-0.2, 0) is 6.54 Å². The highest BCUT2D eigenvalue weighted by Gasteiger charge is 2.25. The summed E-state index contributed by atoms with van der Waals surface area (Å²) in [6.45, 7) is 3.93. The molecule has 1 aliphatic rings. The SMILES string of the molecule is CC1CCCN1c1ncnc2c1nnn2Cc1ccccc1. The Morgan fingerprint density at radius 2 is 2.05 bits per heavy atom. The fourth-order valence-electron chi connectivity index (χ4n) is 3.10. The van der Waals surface area contributed by atoms with E-state index in [0.717, 1.165) is 23.5 Å². The zero-order chi connectivity index (χ0) is 14.9. The van der Waals surface area contributed by atoms with E-state index in [0.29, 0.717) is 12.6 Å². The molecule has 1 fully saturated rings. The quantitative estimate of drug-likeness (QED) is 0.741. The molecule has 2 aromatic heterocycles. The number of rotatable bonds is 3. The van der Waals surface area contributed by atoms with Gasteiger partial charge in [0.15, 0.2) is 17.0 Å². The number of nitrogens with zero attached hydrogens (tertiary/aromatic N) is 6. The monoisotopic (exact) mass is 294 g/mol. The maximum absolute atomic E-state index is 4.46. The van der Waals surface area contributed by atoms with Crippen molar-refractivity contribution in [1.29, 1.82) is 0 Å². The molecule has 6 nitrogen and oxygen atoms in total. The highest BCUT2D eigenvalue weighted by Crippen LogP contribution is 2.27. The highest BCUT2D eigenvalue weighted by atomic mass is 15.4. The fraction of sp³-hybridized carbons (Fsp3) is 0.375. The van der Waals surface area contributed by atoms with Crippen LogP contribution in [0.5, 0.6) is 0 Å². The first-order valence-corrected chi connectivity index (χ1v) is 7.67. The lowest BCUT2D eigenvalue weighted by Gasteiger charge is -2.22. The molecule has 0 amide bonds. The predicted octanol–water partition coefficient (Wildman–Crippen LogP) is 2.26. The minimum Gasteiger partial charge on any atom is -0.352 e. The summed E-state index contributed by atoms with van der Waals surface area (Å²) in [5.74, 6) is 0.911. The first-order valence-electron chi connectivity index (χ1n) is 7.67. The molecule has 1 saturated heterocycles. The van der Waals surface area contributed by atoms with E-state index in [9.17, 15) is 0 Å². The normalized spacial score (nSPS) is 18.2. The van der Waals surface area contributed by atoms with Crippen molar-refractivity contribution in [2.45, 2.75) is 32.4 Å². The van der Waals surface area contributed by atoms with Gasteiger partial charge in [-0.1, -0.05) is 35.5 Å². The van der Waals surface area contributed by atoms with Crippen LogP contribution in [0.25, 0.3) is 11.2 Å². The Balaban J connectivity index is 1.73. The minimum absolute atomic E-state index is 0.498. The number of fused-ring (bicyclic) bond motifs is 1. The van der Waals surface area contributed by atoms with E-state index in [1.165, 1.54) is 18.4 Å². The van der Waals surface area contributed by atoms with E-state index in [-0.39, 0.29) is 0 Å². The molecule has 112 valence electrons. The third-order valence-electron chi connectivity index (χ3n) is 4.28. The number of benzene rings is 1. The van der Waals surface area contributed by atoms with Gasteiger partial charge in [0.1, 0.15) is 6.33 Å². The highest BCUT2D eigenvalue weighted by molar-refractivity contribution is 5.82. The molecule has 1 unspecified atom stereocenters. The summed E-state index contributed by atoms with van der Waals surface area (Å²) in [6, 6.07) is 10.7. The zero-order valence-corrected chi connectivity index (χ0v) is 12.6. The number of aromatic nitrogens is 5. The van der Waals surface area contributed by atoms with Gasteiger partial charge < -0.3 is 4.90 Å². The van der Waals surface area contributed by atoms with Gasteiger partial charge in [-0.05, 0) is 25.3 Å². The third-order valence-corrected chi connectivity index (χ3v) is 4.28. The second kappa shape index (κ2) is 5.36. The van der Waals surface area contributed by atoms with Crippen molar-refractivity contribution in [3.05, 3.63) is 42.2 Å². The fourth-order valence-corrected chi connectivity index (χ4v) is 3.10. The molecule has 0 saturated carbocycles. The van der Waals surface area contributed by atoms with Crippen LogP contribution in [0, 0.1) is 0 Å². The van der Waals surface area contributed by atoms with E-state index in [4.69, 9.17) is 0 Å². The van der Waals surface area contributed by atoms with Gasteiger partial charge in [-0.2, -0.15) is 0 Å². The summed E-state index contributed by atoms with van der Waals surface area (Å²) >= 11 is 0. The number of hydrogen-bond acceptors (Lipinski definition) is 5. The second-order valence-corrected chi connectivity index (χ2v) is 5.79. The average molecular weight is 294 g/mol. The van der Waals surface area contributed by atoms with Crippen molar-refractivity contribution in [2.75, 3.05) is 11.4 Å². The van der Waals surface area contributed by atoms with Crippen molar-refractivity contribution in [3.63, 3.8) is 0 Å². The molecule has 1 aromatic carbocycles. The van der Waals surface area contributed by atoms with Gasteiger partial charge >= 0.3 is 0 Å². The van der Waals surface area contributed by atoms with Gasteiger partial charge in [0.2, 0.25) is 0 Å². The van der Waals surface area contributed by atoms with Crippen molar-refractivity contribution in [2.24, 2.45) is 0 Å². The molecular formula is C16H18N6. The van der Waals surface area contributed by atoms with E-state index < -0.39 is 0 Å². The van der Waals surface area contributed by atoms with Gasteiger partial charge in [-0.3, -0.25) is 0 Å². The van der Waals surface area contributed by atoms with E-state index >= 15 is 0 Å². The Morgan fingerprint density at radius 1 is 1.18 bits per heavy atom. The Kier molecular flexibility index (Phi) is 3.21. The Hall–Kier alpha value is -2.50. The van der Waals surface area contributed by atoms with Crippen molar-refractivity contribution in [3.8, 4) is 0 Å². The van der Waals surface area contributed by atoms with Crippen LogP contribution >= 0.6 is 0 Å². The molecule has 0 N–H and O–H groups in total. The predicted molar refractivity (Wildman–Crippen MR) is 84.7 cm³/mol. The van der Waals surface area contributed by atoms with Crippen molar-refractivity contribution < 1.29 is 0 Å². The molecule has 3 aromatic rings. The lowest BCUT2D eigenvalue weighted by Crippen LogP contribution is -2.27. The summed E-state index contributed by atoms with van der Waals surface area (Å²) in [4.78, 5) is 11.2. The van der Waals surface area contributed by atoms with Crippen LogP contribution in [0.15, 0.2) is 36.7 Å². The average Bonchev–Trinajstić information content (AvgIpc) is 3.15.